The van der Waals surface area contributed by atoms with Gasteiger partial charge in [-0.2, -0.15) is 0 Å². The first-order valence-corrected chi connectivity index (χ1v) is 15.4. The molecule has 2 heterocycles. The monoisotopic (exact) mass is 623 g/mol. The fourth-order valence-corrected chi connectivity index (χ4v) is 6.76. The molecule has 1 aromatic carbocycles. The lowest BCUT2D eigenvalue weighted by molar-refractivity contribution is -0.126. The highest BCUT2D eigenvalue weighted by Crippen LogP contribution is 2.35. The van der Waals surface area contributed by atoms with E-state index in [1.165, 1.54) is 32.5 Å². The normalized spacial score (nSPS) is 13.9. The van der Waals surface area contributed by atoms with Crippen LogP contribution in [0.25, 0.3) is 21.3 Å². The summed E-state index contributed by atoms with van der Waals surface area (Å²) in [6.45, 7) is -0.240. The molecule has 16 heteroatoms. The van der Waals surface area contributed by atoms with Gasteiger partial charge in [0, 0.05) is 43.7 Å². The number of aromatic nitrogens is 2. The molecule has 0 saturated heterocycles. The summed E-state index contributed by atoms with van der Waals surface area (Å²) in [4.78, 5) is 45.4. The van der Waals surface area contributed by atoms with Crippen LogP contribution in [0.2, 0.25) is 0 Å². The summed E-state index contributed by atoms with van der Waals surface area (Å²) in [5.41, 5.74) is 0.693. The topological polar surface area (TPSA) is 175 Å². The van der Waals surface area contributed by atoms with Crippen molar-refractivity contribution in [3.8, 4) is 11.1 Å². The number of nitrogens with zero attached hydrogens (tertiary/aromatic N) is 2. The SMILES string of the molecule is COCCOC(=O)Nc1ccc(-c2cc3sc(C(C(=O)NCC(=O)NC4CC4)S(=O)(=O)CCOC)nc3cc2F)cn1. The van der Waals surface area contributed by atoms with Crippen LogP contribution in [0.15, 0.2) is 30.5 Å². The fraction of sp³-hybridized carbons (Fsp3) is 0.423. The summed E-state index contributed by atoms with van der Waals surface area (Å²) >= 11 is 0.924. The van der Waals surface area contributed by atoms with Gasteiger partial charge in [0.05, 0.1) is 35.7 Å². The third-order valence-corrected chi connectivity index (χ3v) is 9.20. The molecule has 1 saturated carbocycles. The van der Waals surface area contributed by atoms with E-state index in [1.807, 2.05) is 0 Å². The number of hydrogen-bond donors (Lipinski definition) is 3. The van der Waals surface area contributed by atoms with Crippen LogP contribution in [0, 0.1) is 5.82 Å². The largest absolute Gasteiger partial charge is 0.447 e. The Labute approximate surface area is 245 Å². The molecular formula is C26H30FN5O8S2. The van der Waals surface area contributed by atoms with Crippen LogP contribution in [0.3, 0.4) is 0 Å². The zero-order valence-corrected chi connectivity index (χ0v) is 24.5. The Morgan fingerprint density at radius 2 is 1.88 bits per heavy atom. The molecule has 0 radical (unpaired) electrons. The van der Waals surface area contributed by atoms with E-state index < -0.39 is 51.1 Å². The first kappa shape index (κ1) is 31.2. The minimum Gasteiger partial charge on any atom is -0.447 e. The molecule has 1 fully saturated rings. The number of pyridine rings is 1. The van der Waals surface area contributed by atoms with Crippen LogP contribution < -0.4 is 16.0 Å². The third kappa shape index (κ3) is 8.18. The second-order valence-electron chi connectivity index (χ2n) is 9.34. The maximum absolute atomic E-state index is 15.2. The highest BCUT2D eigenvalue weighted by atomic mass is 32.2. The molecule has 42 heavy (non-hydrogen) atoms. The summed E-state index contributed by atoms with van der Waals surface area (Å²) in [5.74, 6) is -2.26. The van der Waals surface area contributed by atoms with Gasteiger partial charge in [0.15, 0.2) is 15.1 Å². The number of anilines is 1. The average Bonchev–Trinajstić information content (AvgIpc) is 3.67. The van der Waals surface area contributed by atoms with Crippen LogP contribution in [0.4, 0.5) is 15.0 Å². The van der Waals surface area contributed by atoms with Crippen molar-refractivity contribution in [3.05, 3.63) is 41.3 Å². The molecule has 1 aliphatic carbocycles. The van der Waals surface area contributed by atoms with Crippen molar-refractivity contribution < 1.29 is 41.4 Å². The minimum atomic E-state index is -4.11. The molecule has 0 aliphatic heterocycles. The Bertz CT molecular complexity index is 1540. The van der Waals surface area contributed by atoms with Gasteiger partial charge in [0.2, 0.25) is 11.8 Å². The molecule has 0 spiro atoms. The molecule has 1 atom stereocenters. The molecule has 3 aromatic rings. The number of fused-ring (bicyclic) bond motifs is 1. The number of amides is 3. The second kappa shape index (κ2) is 14.0. The average molecular weight is 624 g/mol. The number of benzene rings is 1. The van der Waals surface area contributed by atoms with Gasteiger partial charge in [0.25, 0.3) is 0 Å². The van der Waals surface area contributed by atoms with Crippen LogP contribution in [-0.2, 0) is 33.6 Å². The number of sulfone groups is 1. The molecule has 226 valence electrons. The van der Waals surface area contributed by atoms with E-state index in [2.05, 4.69) is 25.9 Å². The van der Waals surface area contributed by atoms with Crippen LogP contribution in [0.1, 0.15) is 23.1 Å². The lowest BCUT2D eigenvalue weighted by Crippen LogP contribution is -2.41. The van der Waals surface area contributed by atoms with E-state index in [0.717, 1.165) is 30.2 Å². The van der Waals surface area contributed by atoms with Crippen LogP contribution in [0.5, 0.6) is 0 Å². The smallest absolute Gasteiger partial charge is 0.412 e. The highest BCUT2D eigenvalue weighted by Gasteiger charge is 2.37. The lowest BCUT2D eigenvalue weighted by Gasteiger charge is -2.15. The summed E-state index contributed by atoms with van der Waals surface area (Å²) in [5, 5.41) is 5.77. The van der Waals surface area contributed by atoms with Crippen molar-refractivity contribution in [1.82, 2.24) is 20.6 Å². The van der Waals surface area contributed by atoms with Gasteiger partial charge in [-0.15, -0.1) is 11.3 Å². The number of carbonyl (C=O) groups is 3. The molecule has 0 bridgehead atoms. The van der Waals surface area contributed by atoms with Gasteiger partial charge in [-0.1, -0.05) is 0 Å². The van der Waals surface area contributed by atoms with E-state index in [-0.39, 0.29) is 47.8 Å². The Hall–Kier alpha value is -3.73. The number of nitrogens with one attached hydrogen (secondary N) is 3. The van der Waals surface area contributed by atoms with Crippen LogP contribution in [-0.4, -0.2) is 88.7 Å². The zero-order chi connectivity index (χ0) is 30.3. The first-order chi connectivity index (χ1) is 20.1. The number of halogens is 1. The zero-order valence-electron chi connectivity index (χ0n) is 22.8. The van der Waals surface area contributed by atoms with Gasteiger partial charge in [0.1, 0.15) is 23.2 Å². The molecule has 2 aromatic heterocycles. The van der Waals surface area contributed by atoms with E-state index in [0.29, 0.717) is 10.3 Å². The Morgan fingerprint density at radius 3 is 2.55 bits per heavy atom. The summed E-state index contributed by atoms with van der Waals surface area (Å²) in [7, 11) is -1.30. The Balaban J connectivity index is 1.56. The summed E-state index contributed by atoms with van der Waals surface area (Å²) < 4.78 is 56.6. The highest BCUT2D eigenvalue weighted by molar-refractivity contribution is 7.92. The van der Waals surface area contributed by atoms with Crippen molar-refractivity contribution in [3.63, 3.8) is 0 Å². The Morgan fingerprint density at radius 1 is 1.12 bits per heavy atom. The van der Waals surface area contributed by atoms with E-state index in [4.69, 9.17) is 14.2 Å². The number of thiazole rings is 1. The van der Waals surface area contributed by atoms with Gasteiger partial charge < -0.3 is 24.8 Å². The first-order valence-electron chi connectivity index (χ1n) is 12.9. The van der Waals surface area contributed by atoms with E-state index >= 15 is 4.39 Å². The summed E-state index contributed by atoms with van der Waals surface area (Å²) in [6, 6.07) is 5.71. The second-order valence-corrected chi connectivity index (χ2v) is 12.6. The standard InChI is InChI=1S/C26H30FN5O8S2/c1-38-7-8-40-26(35)32-21-6-3-15(13-28-21)17-11-20-19(12-18(17)27)31-25(41-20)23(42(36,37)10-9-39-2)24(34)29-14-22(33)30-16-4-5-16/h3,6,11-13,16,23H,4-5,7-10,14H2,1-2H3,(H,29,34)(H,30,33)(H,28,32,35). The fourth-order valence-electron chi connectivity index (χ4n) is 3.80. The van der Waals surface area contributed by atoms with Crippen molar-refractivity contribution >= 4 is 55.1 Å². The van der Waals surface area contributed by atoms with Gasteiger partial charge in [-0.25, -0.2) is 27.6 Å². The molecular weight excluding hydrogens is 593 g/mol. The van der Waals surface area contributed by atoms with Gasteiger partial charge in [-0.3, -0.25) is 14.9 Å². The quantitative estimate of drug-likeness (QED) is 0.226. The molecule has 3 N–H and O–H groups in total. The van der Waals surface area contributed by atoms with Crippen molar-refractivity contribution in [1.29, 1.82) is 0 Å². The Kier molecular flexibility index (Phi) is 10.4. The number of hydrogen-bond acceptors (Lipinski definition) is 11. The summed E-state index contributed by atoms with van der Waals surface area (Å²) in [6.07, 6.45) is 2.35. The van der Waals surface area contributed by atoms with Gasteiger partial charge >= 0.3 is 6.09 Å². The minimum absolute atomic E-state index is 0.0639. The number of carbonyl (C=O) groups excluding carboxylic acids is 3. The van der Waals surface area contributed by atoms with E-state index in [1.54, 1.807) is 6.07 Å². The molecule has 3 amide bonds. The van der Waals surface area contributed by atoms with Crippen molar-refractivity contribution in [2.24, 2.45) is 0 Å². The van der Waals surface area contributed by atoms with Gasteiger partial charge in [-0.05, 0) is 31.0 Å². The van der Waals surface area contributed by atoms with Crippen molar-refractivity contribution in [2.45, 2.75) is 24.1 Å². The number of rotatable bonds is 14. The van der Waals surface area contributed by atoms with Crippen LogP contribution >= 0.6 is 11.3 Å². The number of methoxy groups -OCH3 is 2. The maximum Gasteiger partial charge on any atom is 0.412 e. The molecule has 1 unspecified atom stereocenters. The molecule has 13 nitrogen and oxygen atoms in total. The maximum atomic E-state index is 15.2. The predicted molar refractivity (Wildman–Crippen MR) is 152 cm³/mol. The molecule has 4 rings (SSSR count). The lowest BCUT2D eigenvalue weighted by atomic mass is 10.1. The van der Waals surface area contributed by atoms with Crippen molar-refractivity contribution in [2.75, 3.05) is 51.7 Å². The molecule has 1 aliphatic rings. The van der Waals surface area contributed by atoms with E-state index in [9.17, 15) is 22.8 Å². The third-order valence-electron chi connectivity index (χ3n) is 6.08. The predicted octanol–water partition coefficient (Wildman–Crippen LogP) is 2.19. The number of ether oxygens (including phenoxy) is 3.